The number of hydrogen-bond acceptors (Lipinski definition) is 5. The van der Waals surface area contributed by atoms with Gasteiger partial charge in [-0.25, -0.2) is 8.42 Å². The molecule has 2 amide bonds. The molecule has 3 aromatic rings. The molecule has 0 radical (unpaired) electrons. The second-order valence-electron chi connectivity index (χ2n) is 10.5. The second kappa shape index (κ2) is 13.7. The van der Waals surface area contributed by atoms with E-state index in [1.165, 1.54) is 24.1 Å². The van der Waals surface area contributed by atoms with E-state index in [1.807, 2.05) is 43.3 Å². The Kier molecular flexibility index (Phi) is 10.0. The summed E-state index contributed by atoms with van der Waals surface area (Å²) in [7, 11) is -2.71. The Morgan fingerprint density at radius 2 is 1.59 bits per heavy atom. The molecule has 1 atom stereocenters. The van der Waals surface area contributed by atoms with E-state index in [2.05, 4.69) is 5.32 Å². The van der Waals surface area contributed by atoms with Crippen LogP contribution in [-0.4, -0.2) is 50.9 Å². The number of methoxy groups -OCH3 is 1. The highest BCUT2D eigenvalue weighted by Gasteiger charge is 2.34. The quantitative estimate of drug-likeness (QED) is 0.344. The highest BCUT2D eigenvalue weighted by atomic mass is 32.2. The molecule has 0 aliphatic heterocycles. The molecule has 8 nitrogen and oxygen atoms in total. The van der Waals surface area contributed by atoms with Gasteiger partial charge in [0.05, 0.1) is 17.7 Å². The van der Waals surface area contributed by atoms with E-state index in [0.29, 0.717) is 5.75 Å². The van der Waals surface area contributed by atoms with Crippen LogP contribution >= 0.6 is 0 Å². The Morgan fingerprint density at radius 3 is 2.22 bits per heavy atom. The molecule has 1 N–H and O–H groups in total. The first-order valence-electron chi connectivity index (χ1n) is 14.1. The van der Waals surface area contributed by atoms with Gasteiger partial charge in [0.25, 0.3) is 10.0 Å². The number of amides is 2. The highest BCUT2D eigenvalue weighted by molar-refractivity contribution is 7.92. The molecular formula is C32H39N3O5S. The summed E-state index contributed by atoms with van der Waals surface area (Å²) in [5.74, 6) is -0.421. The summed E-state index contributed by atoms with van der Waals surface area (Å²) >= 11 is 0. The largest absolute Gasteiger partial charge is 0.495 e. The second-order valence-corrected chi connectivity index (χ2v) is 12.4. The zero-order chi connectivity index (χ0) is 29.4. The average Bonchev–Trinajstić information content (AvgIpc) is 2.99. The van der Waals surface area contributed by atoms with Crippen LogP contribution in [0.3, 0.4) is 0 Å². The monoisotopic (exact) mass is 577 g/mol. The van der Waals surface area contributed by atoms with Gasteiger partial charge >= 0.3 is 0 Å². The fourth-order valence-corrected chi connectivity index (χ4v) is 6.60. The number of benzene rings is 3. The highest BCUT2D eigenvalue weighted by Crippen LogP contribution is 2.33. The molecule has 0 spiro atoms. The number of ether oxygens (including phenoxy) is 1. The van der Waals surface area contributed by atoms with Gasteiger partial charge in [-0.3, -0.25) is 13.9 Å². The third-order valence-corrected chi connectivity index (χ3v) is 9.30. The number of hydrogen-bond donors (Lipinski definition) is 1. The number of nitrogens with zero attached hydrogens (tertiary/aromatic N) is 2. The number of anilines is 1. The third-order valence-electron chi connectivity index (χ3n) is 7.53. The number of rotatable bonds is 11. The Bertz CT molecular complexity index is 1420. The Morgan fingerprint density at radius 1 is 0.951 bits per heavy atom. The van der Waals surface area contributed by atoms with E-state index in [1.54, 1.807) is 37.3 Å². The predicted octanol–water partition coefficient (Wildman–Crippen LogP) is 5.07. The molecule has 41 heavy (non-hydrogen) atoms. The molecule has 1 aliphatic carbocycles. The van der Waals surface area contributed by atoms with Crippen molar-refractivity contribution in [1.29, 1.82) is 0 Å². The van der Waals surface area contributed by atoms with Crippen LogP contribution in [0.5, 0.6) is 5.75 Å². The number of sulfonamides is 1. The first kappa shape index (κ1) is 30.1. The van der Waals surface area contributed by atoms with E-state index in [9.17, 15) is 18.0 Å². The van der Waals surface area contributed by atoms with Crippen molar-refractivity contribution in [2.75, 3.05) is 18.0 Å². The minimum atomic E-state index is -4.17. The molecule has 9 heteroatoms. The van der Waals surface area contributed by atoms with Crippen molar-refractivity contribution in [3.05, 3.63) is 90.0 Å². The molecule has 3 aromatic carbocycles. The first-order chi connectivity index (χ1) is 19.7. The Labute approximate surface area is 243 Å². The van der Waals surface area contributed by atoms with E-state index in [4.69, 9.17) is 4.74 Å². The van der Waals surface area contributed by atoms with Gasteiger partial charge in [0.15, 0.2) is 0 Å². The fourth-order valence-electron chi connectivity index (χ4n) is 5.16. The molecule has 4 rings (SSSR count). The van der Waals surface area contributed by atoms with Crippen molar-refractivity contribution in [3.8, 4) is 5.75 Å². The average molecular weight is 578 g/mol. The zero-order valence-electron chi connectivity index (χ0n) is 24.0. The molecule has 0 aromatic heterocycles. The van der Waals surface area contributed by atoms with Crippen LogP contribution in [0.1, 0.15) is 50.2 Å². The van der Waals surface area contributed by atoms with Crippen molar-refractivity contribution in [2.24, 2.45) is 0 Å². The summed E-state index contributed by atoms with van der Waals surface area (Å²) in [4.78, 5) is 29.1. The van der Waals surface area contributed by atoms with E-state index < -0.39 is 28.5 Å². The van der Waals surface area contributed by atoms with Crippen LogP contribution in [0.2, 0.25) is 0 Å². The molecule has 1 unspecified atom stereocenters. The third kappa shape index (κ3) is 7.47. The van der Waals surface area contributed by atoms with Gasteiger partial charge in [0.1, 0.15) is 18.3 Å². The summed E-state index contributed by atoms with van der Waals surface area (Å²) < 4.78 is 34.6. The fraction of sp³-hybridized carbons (Fsp3) is 0.375. The molecular weight excluding hydrogens is 538 g/mol. The lowest BCUT2D eigenvalue weighted by Gasteiger charge is -2.33. The van der Waals surface area contributed by atoms with Gasteiger partial charge < -0.3 is 15.0 Å². The van der Waals surface area contributed by atoms with E-state index in [0.717, 1.165) is 47.5 Å². The van der Waals surface area contributed by atoms with Crippen LogP contribution in [0.25, 0.3) is 0 Å². The SMILES string of the molecule is COc1ccc(C)cc1N(CC(=O)N(Cc1ccccc1)C(C)C(=O)NC1CCCCC1)S(=O)(=O)c1ccccc1. The molecule has 218 valence electrons. The van der Waals surface area contributed by atoms with Crippen LogP contribution in [-0.2, 0) is 26.2 Å². The summed E-state index contributed by atoms with van der Waals surface area (Å²) in [6, 6.07) is 21.8. The Balaban J connectivity index is 1.70. The van der Waals surface area contributed by atoms with Gasteiger partial charge in [0.2, 0.25) is 11.8 Å². The Hall–Kier alpha value is -3.85. The van der Waals surface area contributed by atoms with Crippen molar-refractivity contribution in [2.45, 2.75) is 69.5 Å². The van der Waals surface area contributed by atoms with Gasteiger partial charge in [-0.1, -0.05) is 73.9 Å². The lowest BCUT2D eigenvalue weighted by molar-refractivity contribution is -0.139. The van der Waals surface area contributed by atoms with Gasteiger partial charge in [-0.15, -0.1) is 0 Å². The van der Waals surface area contributed by atoms with Crippen molar-refractivity contribution in [1.82, 2.24) is 10.2 Å². The van der Waals surface area contributed by atoms with Crippen molar-refractivity contribution < 1.29 is 22.7 Å². The van der Waals surface area contributed by atoms with Gasteiger partial charge in [-0.05, 0) is 62.1 Å². The van der Waals surface area contributed by atoms with Crippen LogP contribution in [0, 0.1) is 6.92 Å². The number of carbonyl (C=O) groups excluding carboxylic acids is 2. The minimum absolute atomic E-state index is 0.0501. The van der Waals surface area contributed by atoms with Gasteiger partial charge in [-0.2, -0.15) is 0 Å². The number of aryl methyl sites for hydroxylation is 1. The predicted molar refractivity (Wildman–Crippen MR) is 160 cm³/mol. The molecule has 0 bridgehead atoms. The zero-order valence-corrected chi connectivity index (χ0v) is 24.8. The smallest absolute Gasteiger partial charge is 0.264 e. The molecule has 0 saturated heterocycles. The van der Waals surface area contributed by atoms with Crippen LogP contribution < -0.4 is 14.4 Å². The van der Waals surface area contributed by atoms with E-state index in [-0.39, 0.29) is 29.1 Å². The molecule has 1 aliphatic rings. The van der Waals surface area contributed by atoms with Crippen LogP contribution in [0.4, 0.5) is 5.69 Å². The van der Waals surface area contributed by atoms with Crippen LogP contribution in [0.15, 0.2) is 83.8 Å². The maximum atomic E-state index is 14.1. The molecule has 1 saturated carbocycles. The van der Waals surface area contributed by atoms with Crippen molar-refractivity contribution in [3.63, 3.8) is 0 Å². The van der Waals surface area contributed by atoms with Gasteiger partial charge in [0, 0.05) is 12.6 Å². The maximum absolute atomic E-state index is 14.1. The summed E-state index contributed by atoms with van der Waals surface area (Å²) in [6.45, 7) is 3.19. The summed E-state index contributed by atoms with van der Waals surface area (Å²) in [6.07, 6.45) is 5.13. The topological polar surface area (TPSA) is 96.0 Å². The standard InChI is InChI=1S/C32H39N3O5S/c1-24-19-20-30(40-3)29(21-24)35(41(38,39)28-17-11-6-12-18-28)23-31(36)34(22-26-13-7-4-8-14-26)25(2)32(37)33-27-15-9-5-10-16-27/h4,6-8,11-14,17-21,25,27H,5,9-10,15-16,22-23H2,1-3H3,(H,33,37). The first-order valence-corrected chi connectivity index (χ1v) is 15.5. The summed E-state index contributed by atoms with van der Waals surface area (Å²) in [5.41, 5.74) is 1.90. The summed E-state index contributed by atoms with van der Waals surface area (Å²) in [5, 5.41) is 3.12. The lowest BCUT2D eigenvalue weighted by atomic mass is 9.95. The molecule has 0 heterocycles. The number of nitrogens with one attached hydrogen (secondary N) is 1. The normalized spacial score (nSPS) is 14.6. The van der Waals surface area contributed by atoms with E-state index >= 15 is 0 Å². The molecule has 1 fully saturated rings. The minimum Gasteiger partial charge on any atom is -0.495 e. The maximum Gasteiger partial charge on any atom is 0.264 e. The number of carbonyl (C=O) groups is 2. The lowest BCUT2D eigenvalue weighted by Crippen LogP contribution is -2.53. The van der Waals surface area contributed by atoms with Crippen molar-refractivity contribution >= 4 is 27.5 Å².